The maximum absolute atomic E-state index is 12.3. The van der Waals surface area contributed by atoms with Crippen molar-refractivity contribution in [1.82, 2.24) is 0 Å². The van der Waals surface area contributed by atoms with E-state index >= 15 is 0 Å². The monoisotopic (exact) mass is 339 g/mol. The molecule has 2 N–H and O–H groups in total. The Morgan fingerprint density at radius 2 is 1.52 bits per heavy atom. The van der Waals surface area contributed by atoms with Gasteiger partial charge in [-0.3, -0.25) is 9.59 Å². The van der Waals surface area contributed by atoms with E-state index in [-0.39, 0.29) is 12.5 Å². The summed E-state index contributed by atoms with van der Waals surface area (Å²) < 4.78 is 10.1. The van der Waals surface area contributed by atoms with Gasteiger partial charge in [-0.2, -0.15) is 0 Å². The van der Waals surface area contributed by atoms with Crippen LogP contribution in [0, 0.1) is 5.92 Å². The average Bonchev–Trinajstić information content (AvgIpc) is 2.98. The largest absolute Gasteiger partial charge is 0.468 e. The lowest BCUT2D eigenvalue weighted by Gasteiger charge is -2.19. The molecule has 0 heterocycles. The van der Waals surface area contributed by atoms with Gasteiger partial charge in [0.05, 0.1) is 13.0 Å². The van der Waals surface area contributed by atoms with E-state index in [2.05, 4.69) is 29.0 Å². The Morgan fingerprint density at radius 3 is 2.04 bits per heavy atom. The number of carbonyl (C=O) groups is 2. The second kappa shape index (κ2) is 7.07. The van der Waals surface area contributed by atoms with Gasteiger partial charge in [-0.15, -0.1) is 0 Å². The van der Waals surface area contributed by atoms with Crippen LogP contribution in [0.3, 0.4) is 0 Å². The third-order valence-corrected chi connectivity index (χ3v) is 4.74. The molecule has 130 valence electrons. The maximum atomic E-state index is 12.3. The van der Waals surface area contributed by atoms with Crippen molar-refractivity contribution in [2.45, 2.75) is 18.9 Å². The minimum absolute atomic E-state index is 0.0158. The first-order chi connectivity index (χ1) is 12.0. The molecule has 2 aromatic rings. The predicted molar refractivity (Wildman–Crippen MR) is 93.8 cm³/mol. The van der Waals surface area contributed by atoms with Crippen molar-refractivity contribution in [2.75, 3.05) is 13.7 Å². The quantitative estimate of drug-likeness (QED) is 0.847. The second-order valence-corrected chi connectivity index (χ2v) is 6.19. The lowest BCUT2D eigenvalue weighted by atomic mass is 9.98. The molecule has 0 amide bonds. The second-order valence-electron chi connectivity index (χ2n) is 6.19. The van der Waals surface area contributed by atoms with Crippen LogP contribution >= 0.6 is 0 Å². The van der Waals surface area contributed by atoms with Gasteiger partial charge in [0, 0.05) is 5.92 Å². The summed E-state index contributed by atoms with van der Waals surface area (Å²) in [6.07, 6.45) is 0. The molecular formula is C20H21NO4. The van der Waals surface area contributed by atoms with Crippen LogP contribution < -0.4 is 5.73 Å². The minimum atomic E-state index is -1.03. The SMILES string of the molecule is COC(=O)[C@@H](N)[C@@H](C)C(=O)OCC1c2ccccc2-c2ccccc21. The molecule has 3 rings (SSSR count). The fraction of sp³-hybridized carbons (Fsp3) is 0.300. The lowest BCUT2D eigenvalue weighted by molar-refractivity contribution is -0.155. The van der Waals surface area contributed by atoms with Crippen molar-refractivity contribution >= 4 is 11.9 Å². The highest BCUT2D eigenvalue weighted by molar-refractivity contribution is 5.84. The van der Waals surface area contributed by atoms with Crippen LogP contribution in [-0.4, -0.2) is 31.7 Å². The number of esters is 2. The van der Waals surface area contributed by atoms with Crippen LogP contribution in [0.25, 0.3) is 11.1 Å². The summed E-state index contributed by atoms with van der Waals surface area (Å²) in [4.78, 5) is 23.8. The van der Waals surface area contributed by atoms with Crippen LogP contribution in [0.4, 0.5) is 0 Å². The smallest absolute Gasteiger partial charge is 0.323 e. The van der Waals surface area contributed by atoms with Crippen LogP contribution in [0.2, 0.25) is 0 Å². The number of carbonyl (C=O) groups excluding carboxylic acids is 2. The van der Waals surface area contributed by atoms with Crippen molar-refractivity contribution in [3.8, 4) is 11.1 Å². The van der Waals surface area contributed by atoms with Crippen molar-refractivity contribution in [2.24, 2.45) is 11.7 Å². The molecular weight excluding hydrogens is 318 g/mol. The summed E-state index contributed by atoms with van der Waals surface area (Å²) in [5, 5.41) is 0. The first-order valence-corrected chi connectivity index (χ1v) is 8.23. The summed E-state index contributed by atoms with van der Waals surface area (Å²) in [6.45, 7) is 1.78. The number of rotatable bonds is 5. The zero-order chi connectivity index (χ0) is 18.0. The Kier molecular flexibility index (Phi) is 4.86. The van der Waals surface area contributed by atoms with E-state index in [1.807, 2.05) is 24.3 Å². The first-order valence-electron chi connectivity index (χ1n) is 8.23. The number of nitrogens with two attached hydrogens (primary N) is 1. The number of ether oxygens (including phenoxy) is 2. The Balaban J connectivity index is 1.75. The van der Waals surface area contributed by atoms with Gasteiger partial charge in [-0.05, 0) is 29.2 Å². The van der Waals surface area contributed by atoms with Gasteiger partial charge < -0.3 is 15.2 Å². The summed E-state index contributed by atoms with van der Waals surface area (Å²) >= 11 is 0. The zero-order valence-corrected chi connectivity index (χ0v) is 14.3. The molecule has 0 fully saturated rings. The van der Waals surface area contributed by atoms with Crippen LogP contribution in [0.15, 0.2) is 48.5 Å². The molecule has 2 aromatic carbocycles. The van der Waals surface area contributed by atoms with Crippen molar-refractivity contribution < 1.29 is 19.1 Å². The standard InChI is InChI=1S/C20H21NO4/c1-12(18(21)20(23)24-2)19(22)25-11-17-15-9-5-3-7-13(15)14-8-4-6-10-16(14)17/h3-10,12,17-18H,11,21H2,1-2H3/t12-,18+/m1/s1. The van der Waals surface area contributed by atoms with Gasteiger partial charge in [-0.25, -0.2) is 0 Å². The van der Waals surface area contributed by atoms with Crippen molar-refractivity contribution in [3.63, 3.8) is 0 Å². The molecule has 0 saturated carbocycles. The zero-order valence-electron chi connectivity index (χ0n) is 14.3. The molecule has 1 aliphatic carbocycles. The molecule has 0 radical (unpaired) electrons. The molecule has 0 saturated heterocycles. The van der Waals surface area contributed by atoms with Gasteiger partial charge in [0.1, 0.15) is 12.6 Å². The normalized spacial score (nSPS) is 15.0. The van der Waals surface area contributed by atoms with Crippen LogP contribution in [-0.2, 0) is 19.1 Å². The van der Waals surface area contributed by atoms with Crippen molar-refractivity contribution in [1.29, 1.82) is 0 Å². The predicted octanol–water partition coefficient (Wildman–Crippen LogP) is 2.48. The molecule has 5 heteroatoms. The van der Waals surface area contributed by atoms with E-state index < -0.39 is 23.9 Å². The molecule has 0 unspecified atom stereocenters. The Bertz CT molecular complexity index is 756. The number of benzene rings is 2. The number of hydrogen-bond donors (Lipinski definition) is 1. The summed E-state index contributed by atoms with van der Waals surface area (Å²) in [5.41, 5.74) is 10.3. The molecule has 0 bridgehead atoms. The number of hydrogen-bond acceptors (Lipinski definition) is 5. The summed E-state index contributed by atoms with van der Waals surface area (Å²) in [6, 6.07) is 15.2. The number of fused-ring (bicyclic) bond motifs is 3. The molecule has 0 spiro atoms. The van der Waals surface area contributed by atoms with E-state index in [0.29, 0.717) is 0 Å². The Labute approximate surface area is 146 Å². The lowest BCUT2D eigenvalue weighted by Crippen LogP contribution is -2.42. The third kappa shape index (κ3) is 3.15. The van der Waals surface area contributed by atoms with Crippen LogP contribution in [0.5, 0.6) is 0 Å². The highest BCUT2D eigenvalue weighted by Crippen LogP contribution is 2.44. The first kappa shape index (κ1) is 17.2. The van der Waals surface area contributed by atoms with Gasteiger partial charge in [0.25, 0.3) is 0 Å². The van der Waals surface area contributed by atoms with Gasteiger partial charge in [0.2, 0.25) is 0 Å². The van der Waals surface area contributed by atoms with Gasteiger partial charge in [-0.1, -0.05) is 48.5 Å². The van der Waals surface area contributed by atoms with E-state index in [1.165, 1.54) is 18.2 Å². The van der Waals surface area contributed by atoms with Gasteiger partial charge in [0.15, 0.2) is 0 Å². The molecule has 25 heavy (non-hydrogen) atoms. The molecule has 0 aromatic heterocycles. The Hall–Kier alpha value is -2.66. The van der Waals surface area contributed by atoms with Crippen LogP contribution in [0.1, 0.15) is 24.0 Å². The number of methoxy groups -OCH3 is 1. The van der Waals surface area contributed by atoms with E-state index in [0.717, 1.165) is 11.1 Å². The highest BCUT2D eigenvalue weighted by atomic mass is 16.5. The van der Waals surface area contributed by atoms with Gasteiger partial charge >= 0.3 is 11.9 Å². The fourth-order valence-corrected chi connectivity index (χ4v) is 3.22. The van der Waals surface area contributed by atoms with E-state index in [9.17, 15) is 9.59 Å². The molecule has 1 aliphatic rings. The highest BCUT2D eigenvalue weighted by Gasteiger charge is 2.32. The van der Waals surface area contributed by atoms with E-state index in [4.69, 9.17) is 10.5 Å². The maximum Gasteiger partial charge on any atom is 0.323 e. The average molecular weight is 339 g/mol. The van der Waals surface area contributed by atoms with E-state index in [1.54, 1.807) is 6.92 Å². The summed E-state index contributed by atoms with van der Waals surface area (Å²) in [7, 11) is 1.24. The fourth-order valence-electron chi connectivity index (χ4n) is 3.22. The Morgan fingerprint density at radius 1 is 1.00 bits per heavy atom. The minimum Gasteiger partial charge on any atom is -0.468 e. The summed E-state index contributed by atoms with van der Waals surface area (Å²) in [5.74, 6) is -1.90. The topological polar surface area (TPSA) is 78.6 Å². The van der Waals surface area contributed by atoms with Crippen molar-refractivity contribution in [3.05, 3.63) is 59.7 Å². The molecule has 0 aliphatic heterocycles. The third-order valence-electron chi connectivity index (χ3n) is 4.74. The molecule has 5 nitrogen and oxygen atoms in total. The molecule has 2 atom stereocenters.